The van der Waals surface area contributed by atoms with E-state index in [0.717, 1.165) is 23.1 Å². The number of hydrogen-bond donors (Lipinski definition) is 0. The molecule has 2 aromatic rings. The second-order valence-corrected chi connectivity index (χ2v) is 7.01. The molecule has 3 rings (SSSR count). The van der Waals surface area contributed by atoms with Gasteiger partial charge in [0, 0.05) is 20.1 Å². The summed E-state index contributed by atoms with van der Waals surface area (Å²) in [5.74, 6) is 0.127. The van der Waals surface area contributed by atoms with E-state index >= 15 is 0 Å². The van der Waals surface area contributed by atoms with Crippen LogP contribution >= 0.6 is 11.3 Å². The molecule has 0 N–H and O–H groups in total. The first-order chi connectivity index (χ1) is 11.2. The fourth-order valence-corrected chi connectivity index (χ4v) is 4.24. The number of carbonyl (C=O) groups is 1. The Bertz CT molecular complexity index is 760. The molecule has 1 amide bonds. The molecular formula is C17H21FN2O2S. The van der Waals surface area contributed by atoms with Gasteiger partial charge in [0.15, 0.2) is 4.80 Å². The van der Waals surface area contributed by atoms with Gasteiger partial charge in [-0.3, -0.25) is 4.79 Å². The second-order valence-electron chi connectivity index (χ2n) is 6.00. The molecule has 1 aliphatic carbocycles. The van der Waals surface area contributed by atoms with Crippen LogP contribution in [0.4, 0.5) is 4.39 Å². The Kier molecular flexibility index (Phi) is 5.23. The van der Waals surface area contributed by atoms with Gasteiger partial charge in [0.2, 0.25) is 5.91 Å². The van der Waals surface area contributed by atoms with E-state index in [1.54, 1.807) is 13.2 Å². The van der Waals surface area contributed by atoms with Crippen LogP contribution in [0.1, 0.15) is 32.1 Å². The summed E-state index contributed by atoms with van der Waals surface area (Å²) in [6.07, 6.45) is 5.21. The number of nitrogens with zero attached hydrogens (tertiary/aromatic N) is 2. The summed E-state index contributed by atoms with van der Waals surface area (Å²) in [6, 6.07) is 4.66. The van der Waals surface area contributed by atoms with E-state index in [9.17, 15) is 9.18 Å². The number of benzene rings is 1. The van der Waals surface area contributed by atoms with Gasteiger partial charge in [-0.25, -0.2) is 4.39 Å². The molecule has 23 heavy (non-hydrogen) atoms. The largest absolute Gasteiger partial charge is 0.383 e. The Labute approximate surface area is 138 Å². The molecule has 6 heteroatoms. The number of halogens is 1. The van der Waals surface area contributed by atoms with Crippen molar-refractivity contribution in [2.24, 2.45) is 10.9 Å². The lowest BCUT2D eigenvalue weighted by Gasteiger charge is -2.05. The molecule has 1 heterocycles. The summed E-state index contributed by atoms with van der Waals surface area (Å²) in [6.45, 7) is 1.12. The van der Waals surface area contributed by atoms with Crippen LogP contribution in [0.25, 0.3) is 10.2 Å². The fourth-order valence-electron chi connectivity index (χ4n) is 3.14. The molecule has 0 radical (unpaired) electrons. The summed E-state index contributed by atoms with van der Waals surface area (Å²) in [5, 5.41) is 0. The third-order valence-corrected chi connectivity index (χ3v) is 5.36. The van der Waals surface area contributed by atoms with Gasteiger partial charge >= 0.3 is 0 Å². The minimum absolute atomic E-state index is 0.0740. The molecule has 124 valence electrons. The van der Waals surface area contributed by atoms with Crippen molar-refractivity contribution in [1.29, 1.82) is 0 Å². The molecule has 0 atom stereocenters. The molecule has 0 bridgehead atoms. The van der Waals surface area contributed by atoms with Gasteiger partial charge in [0.05, 0.1) is 16.8 Å². The fraction of sp³-hybridized carbons (Fsp3) is 0.529. The van der Waals surface area contributed by atoms with Crippen molar-refractivity contribution in [2.45, 2.75) is 38.6 Å². The summed E-state index contributed by atoms with van der Waals surface area (Å²) < 4.78 is 21.3. The Morgan fingerprint density at radius 3 is 2.96 bits per heavy atom. The predicted molar refractivity (Wildman–Crippen MR) is 88.8 cm³/mol. The van der Waals surface area contributed by atoms with E-state index in [4.69, 9.17) is 4.74 Å². The second kappa shape index (κ2) is 7.36. The SMILES string of the molecule is COCCn1c(=NC(=O)CC2CCCC2)sc2cc(F)ccc21. The summed E-state index contributed by atoms with van der Waals surface area (Å²) >= 11 is 1.35. The smallest absolute Gasteiger partial charge is 0.248 e. The molecule has 1 aromatic heterocycles. The molecule has 4 nitrogen and oxygen atoms in total. The highest BCUT2D eigenvalue weighted by atomic mass is 32.1. The number of amides is 1. The zero-order chi connectivity index (χ0) is 16.2. The molecule has 0 aliphatic heterocycles. The van der Waals surface area contributed by atoms with Crippen molar-refractivity contribution < 1.29 is 13.9 Å². The predicted octanol–water partition coefficient (Wildman–Crippen LogP) is 3.50. The molecule has 1 aliphatic rings. The van der Waals surface area contributed by atoms with Crippen LogP contribution in [0.2, 0.25) is 0 Å². The lowest BCUT2D eigenvalue weighted by atomic mass is 10.0. The van der Waals surface area contributed by atoms with Gasteiger partial charge in [0.25, 0.3) is 0 Å². The number of hydrogen-bond acceptors (Lipinski definition) is 3. The van der Waals surface area contributed by atoms with Gasteiger partial charge in [0.1, 0.15) is 5.82 Å². The van der Waals surface area contributed by atoms with Gasteiger partial charge in [-0.1, -0.05) is 24.2 Å². The lowest BCUT2D eigenvalue weighted by molar-refractivity contribution is -0.118. The first-order valence-electron chi connectivity index (χ1n) is 8.03. The van der Waals surface area contributed by atoms with Crippen molar-refractivity contribution in [3.8, 4) is 0 Å². The standard InChI is InChI=1S/C17H21FN2O2S/c1-22-9-8-20-14-7-6-13(18)11-15(14)23-17(20)19-16(21)10-12-4-2-3-5-12/h6-7,11-12H,2-5,8-10H2,1H3. The first kappa shape index (κ1) is 16.3. The molecule has 1 aromatic carbocycles. The summed E-state index contributed by atoms with van der Waals surface area (Å²) in [7, 11) is 1.64. The maximum absolute atomic E-state index is 13.4. The van der Waals surface area contributed by atoms with Crippen LogP contribution in [0, 0.1) is 11.7 Å². The summed E-state index contributed by atoms with van der Waals surface area (Å²) in [5.41, 5.74) is 0.890. The number of carbonyl (C=O) groups excluding carboxylic acids is 1. The molecule has 1 fully saturated rings. The van der Waals surface area contributed by atoms with Gasteiger partial charge in [-0.05, 0) is 37.0 Å². The van der Waals surface area contributed by atoms with Crippen molar-refractivity contribution in [3.63, 3.8) is 0 Å². The zero-order valence-electron chi connectivity index (χ0n) is 13.3. The van der Waals surface area contributed by atoms with Gasteiger partial charge < -0.3 is 9.30 Å². The normalized spacial score (nSPS) is 16.5. The highest BCUT2D eigenvalue weighted by Gasteiger charge is 2.18. The maximum Gasteiger partial charge on any atom is 0.248 e. The van der Waals surface area contributed by atoms with Crippen molar-refractivity contribution in [2.75, 3.05) is 13.7 Å². The van der Waals surface area contributed by atoms with Crippen LogP contribution in [-0.4, -0.2) is 24.2 Å². The topological polar surface area (TPSA) is 43.6 Å². The van der Waals surface area contributed by atoms with E-state index in [2.05, 4.69) is 4.99 Å². The van der Waals surface area contributed by atoms with Crippen LogP contribution in [0.15, 0.2) is 23.2 Å². The summed E-state index contributed by atoms with van der Waals surface area (Å²) in [4.78, 5) is 17.2. The first-order valence-corrected chi connectivity index (χ1v) is 8.84. The van der Waals surface area contributed by atoms with E-state index < -0.39 is 0 Å². The number of fused-ring (bicyclic) bond motifs is 1. The molecule has 1 saturated carbocycles. The monoisotopic (exact) mass is 336 g/mol. The van der Waals surface area contributed by atoms with Crippen LogP contribution in [0.3, 0.4) is 0 Å². The third-order valence-electron chi connectivity index (χ3n) is 4.32. The Morgan fingerprint density at radius 1 is 1.43 bits per heavy atom. The zero-order valence-corrected chi connectivity index (χ0v) is 14.1. The van der Waals surface area contributed by atoms with Crippen LogP contribution < -0.4 is 4.80 Å². The average Bonchev–Trinajstić information content (AvgIpc) is 3.12. The highest BCUT2D eigenvalue weighted by molar-refractivity contribution is 7.16. The van der Waals surface area contributed by atoms with E-state index in [-0.39, 0.29) is 11.7 Å². The Hall–Kier alpha value is -1.53. The number of thiazole rings is 1. The minimum Gasteiger partial charge on any atom is -0.383 e. The van der Waals surface area contributed by atoms with Crippen molar-refractivity contribution in [1.82, 2.24) is 4.57 Å². The van der Waals surface area contributed by atoms with Crippen LogP contribution in [0.5, 0.6) is 0 Å². The minimum atomic E-state index is -0.276. The van der Waals surface area contributed by atoms with Crippen LogP contribution in [-0.2, 0) is 16.1 Å². The van der Waals surface area contributed by atoms with Crippen molar-refractivity contribution >= 4 is 27.5 Å². The highest BCUT2D eigenvalue weighted by Crippen LogP contribution is 2.27. The van der Waals surface area contributed by atoms with E-state index in [1.165, 1.54) is 36.3 Å². The van der Waals surface area contributed by atoms with Gasteiger partial charge in [-0.15, -0.1) is 0 Å². The number of methoxy groups -OCH3 is 1. The molecule has 0 unspecified atom stereocenters. The van der Waals surface area contributed by atoms with Crippen molar-refractivity contribution in [3.05, 3.63) is 28.8 Å². The number of ether oxygens (including phenoxy) is 1. The molecule has 0 saturated heterocycles. The lowest BCUT2D eigenvalue weighted by Crippen LogP contribution is -2.19. The maximum atomic E-state index is 13.4. The molecular weight excluding hydrogens is 315 g/mol. The number of aromatic nitrogens is 1. The number of rotatable bonds is 5. The Morgan fingerprint density at radius 2 is 2.22 bits per heavy atom. The quantitative estimate of drug-likeness (QED) is 0.839. The average molecular weight is 336 g/mol. The Balaban J connectivity index is 1.93. The van der Waals surface area contributed by atoms with E-state index in [1.807, 2.05) is 4.57 Å². The molecule has 0 spiro atoms. The third kappa shape index (κ3) is 3.87. The van der Waals surface area contributed by atoms with Gasteiger partial charge in [-0.2, -0.15) is 4.99 Å². The van der Waals surface area contributed by atoms with E-state index in [0.29, 0.717) is 30.3 Å².